The lowest BCUT2D eigenvalue weighted by atomic mass is 10.0. The first kappa shape index (κ1) is 26.8. The molecule has 2 aromatic carbocycles. The van der Waals surface area contributed by atoms with Crippen LogP contribution in [0.2, 0.25) is 5.02 Å². The Morgan fingerprint density at radius 1 is 1.06 bits per heavy atom. The van der Waals surface area contributed by atoms with Crippen molar-refractivity contribution in [2.45, 2.75) is 24.1 Å². The highest BCUT2D eigenvalue weighted by atomic mass is 35.5. The predicted octanol–water partition coefficient (Wildman–Crippen LogP) is 6.76. The maximum Gasteiger partial charge on any atom is 0.416 e. The van der Waals surface area contributed by atoms with Crippen molar-refractivity contribution in [2.24, 2.45) is 0 Å². The Kier molecular flexibility index (Phi) is 7.97. The number of halogens is 7. The third-order valence-corrected chi connectivity index (χ3v) is 5.48. The molecule has 0 aliphatic rings. The SMILES string of the molecule is CSc1ncc(C(=O)ON(C)Cc2cc(C(F)(F)F)cc(C(F)(F)F)c2)c(-c2ccccc2Cl)n1. The van der Waals surface area contributed by atoms with Gasteiger partial charge in [0.05, 0.1) is 23.4 Å². The van der Waals surface area contributed by atoms with Crippen LogP contribution in [0.3, 0.4) is 0 Å². The minimum absolute atomic E-state index is 0.0238. The normalized spacial score (nSPS) is 12.2. The second-order valence-corrected chi connectivity index (χ2v) is 8.36. The lowest BCUT2D eigenvalue weighted by Crippen LogP contribution is -2.24. The molecule has 3 rings (SSSR count). The summed E-state index contributed by atoms with van der Waals surface area (Å²) in [5.74, 6) is -0.974. The fourth-order valence-corrected chi connectivity index (χ4v) is 3.63. The van der Waals surface area contributed by atoms with Gasteiger partial charge in [-0.3, -0.25) is 0 Å². The number of alkyl halides is 6. The Bertz CT molecular complexity index is 1200. The van der Waals surface area contributed by atoms with Crippen molar-refractivity contribution in [1.29, 1.82) is 0 Å². The molecule has 0 radical (unpaired) electrons. The summed E-state index contributed by atoms with van der Waals surface area (Å²) in [6, 6.07) is 7.71. The van der Waals surface area contributed by atoms with Crippen molar-refractivity contribution >= 4 is 29.3 Å². The topological polar surface area (TPSA) is 55.3 Å². The molecule has 1 aromatic heterocycles. The van der Waals surface area contributed by atoms with Gasteiger partial charge in [0, 0.05) is 23.8 Å². The van der Waals surface area contributed by atoms with Gasteiger partial charge in [-0.2, -0.15) is 26.3 Å². The van der Waals surface area contributed by atoms with Gasteiger partial charge >= 0.3 is 18.3 Å². The van der Waals surface area contributed by atoms with Crippen LogP contribution in [0.25, 0.3) is 11.3 Å². The molecule has 5 nitrogen and oxygen atoms in total. The van der Waals surface area contributed by atoms with E-state index in [1.165, 1.54) is 25.0 Å². The summed E-state index contributed by atoms with van der Waals surface area (Å²) in [7, 11) is 1.19. The highest BCUT2D eigenvalue weighted by molar-refractivity contribution is 7.98. The van der Waals surface area contributed by atoms with Gasteiger partial charge < -0.3 is 4.84 Å². The molecule has 186 valence electrons. The van der Waals surface area contributed by atoms with Crippen LogP contribution >= 0.6 is 23.4 Å². The molecule has 0 N–H and O–H groups in total. The summed E-state index contributed by atoms with van der Waals surface area (Å²) in [5, 5.41) is 1.45. The minimum Gasteiger partial charge on any atom is -0.364 e. The molecule has 13 heteroatoms. The van der Waals surface area contributed by atoms with E-state index in [0.29, 0.717) is 27.9 Å². The number of carbonyl (C=O) groups excluding carboxylic acids is 1. The van der Waals surface area contributed by atoms with Crippen LogP contribution in [0.5, 0.6) is 0 Å². The van der Waals surface area contributed by atoms with Crippen molar-refractivity contribution in [3.63, 3.8) is 0 Å². The Labute approximate surface area is 205 Å². The number of benzene rings is 2. The highest BCUT2D eigenvalue weighted by Gasteiger charge is 2.37. The van der Waals surface area contributed by atoms with Crippen molar-refractivity contribution < 1.29 is 36.0 Å². The number of carbonyl (C=O) groups is 1. The number of hydroxylamine groups is 2. The van der Waals surface area contributed by atoms with Crippen molar-refractivity contribution in [2.75, 3.05) is 13.3 Å². The van der Waals surface area contributed by atoms with E-state index < -0.39 is 36.0 Å². The molecule has 0 spiro atoms. The van der Waals surface area contributed by atoms with Crippen LogP contribution in [0.15, 0.2) is 53.8 Å². The third kappa shape index (κ3) is 6.65. The van der Waals surface area contributed by atoms with Crippen LogP contribution in [0.4, 0.5) is 26.3 Å². The summed E-state index contributed by atoms with van der Waals surface area (Å²) in [4.78, 5) is 26.4. The quantitative estimate of drug-likeness (QED) is 0.150. The van der Waals surface area contributed by atoms with E-state index in [-0.39, 0.29) is 22.9 Å². The van der Waals surface area contributed by atoms with Crippen molar-refractivity contribution in [3.8, 4) is 11.3 Å². The number of nitrogens with zero attached hydrogens (tertiary/aromatic N) is 3. The fraction of sp³-hybridized carbons (Fsp3) is 0.227. The van der Waals surface area contributed by atoms with Gasteiger partial charge in [-0.1, -0.05) is 41.6 Å². The number of hydrogen-bond acceptors (Lipinski definition) is 6. The Morgan fingerprint density at radius 3 is 2.20 bits per heavy atom. The highest BCUT2D eigenvalue weighted by Crippen LogP contribution is 2.36. The minimum atomic E-state index is -4.99. The molecule has 1 heterocycles. The first-order valence-corrected chi connectivity index (χ1v) is 11.3. The summed E-state index contributed by atoms with van der Waals surface area (Å²) in [6.45, 7) is -0.552. The zero-order chi connectivity index (χ0) is 26.0. The van der Waals surface area contributed by atoms with Gasteiger partial charge in [0.1, 0.15) is 5.56 Å². The molecule has 0 saturated carbocycles. The van der Waals surface area contributed by atoms with Crippen LogP contribution < -0.4 is 0 Å². The maximum atomic E-state index is 13.1. The van der Waals surface area contributed by atoms with Gasteiger partial charge in [0.15, 0.2) is 5.16 Å². The average molecular weight is 536 g/mol. The third-order valence-electron chi connectivity index (χ3n) is 4.59. The molecule has 0 aliphatic carbocycles. The molecule has 0 unspecified atom stereocenters. The number of thioether (sulfide) groups is 1. The van der Waals surface area contributed by atoms with E-state index in [9.17, 15) is 31.1 Å². The fourth-order valence-electron chi connectivity index (χ4n) is 3.06. The average Bonchev–Trinajstić information content (AvgIpc) is 2.77. The van der Waals surface area contributed by atoms with Gasteiger partial charge in [0.2, 0.25) is 0 Å². The number of rotatable bonds is 6. The summed E-state index contributed by atoms with van der Waals surface area (Å²) >= 11 is 7.45. The molecular formula is C22H16ClF6N3O2S. The van der Waals surface area contributed by atoms with Crippen LogP contribution in [-0.2, 0) is 23.7 Å². The van der Waals surface area contributed by atoms with Crippen LogP contribution in [0.1, 0.15) is 27.0 Å². The Morgan fingerprint density at radius 2 is 1.66 bits per heavy atom. The summed E-state index contributed by atoms with van der Waals surface area (Å²) in [6.07, 6.45) is -7.06. The molecule has 0 bridgehead atoms. The number of aromatic nitrogens is 2. The van der Waals surface area contributed by atoms with E-state index >= 15 is 0 Å². The zero-order valence-corrected chi connectivity index (χ0v) is 19.6. The standard InChI is InChI=1S/C22H16ClF6N3O2S/c1-32(11-12-7-13(21(24,25)26)9-14(8-12)22(27,28)29)34-19(33)16-10-30-20(35-2)31-18(16)15-5-3-4-6-17(15)23/h3-10H,11H2,1-2H3. The maximum absolute atomic E-state index is 13.1. The Balaban J connectivity index is 1.89. The smallest absolute Gasteiger partial charge is 0.364 e. The number of hydrogen-bond donors (Lipinski definition) is 0. The van der Waals surface area contributed by atoms with Gasteiger partial charge in [-0.05, 0) is 36.1 Å². The second kappa shape index (κ2) is 10.4. The van der Waals surface area contributed by atoms with E-state index in [2.05, 4.69) is 9.97 Å². The largest absolute Gasteiger partial charge is 0.416 e. The van der Waals surface area contributed by atoms with Crippen LogP contribution in [-0.4, -0.2) is 34.3 Å². The molecule has 0 fully saturated rings. The summed E-state index contributed by atoms with van der Waals surface area (Å²) in [5.41, 5.74) is -2.82. The van der Waals surface area contributed by atoms with Gasteiger partial charge in [-0.25, -0.2) is 14.8 Å². The molecule has 3 aromatic rings. The zero-order valence-electron chi connectivity index (χ0n) is 18.0. The molecule has 0 atom stereocenters. The predicted molar refractivity (Wildman–Crippen MR) is 118 cm³/mol. The van der Waals surface area contributed by atoms with E-state index in [0.717, 1.165) is 5.06 Å². The van der Waals surface area contributed by atoms with E-state index in [4.69, 9.17) is 16.4 Å². The van der Waals surface area contributed by atoms with Crippen molar-refractivity contribution in [1.82, 2.24) is 15.0 Å². The van der Waals surface area contributed by atoms with Gasteiger partial charge in [0.25, 0.3) is 0 Å². The van der Waals surface area contributed by atoms with Gasteiger partial charge in [-0.15, -0.1) is 5.06 Å². The van der Waals surface area contributed by atoms with Crippen LogP contribution in [0, 0.1) is 0 Å². The lowest BCUT2D eigenvalue weighted by molar-refractivity contribution is -0.143. The molecule has 0 aliphatic heterocycles. The van der Waals surface area contributed by atoms with E-state index in [1.807, 2.05) is 0 Å². The lowest BCUT2D eigenvalue weighted by Gasteiger charge is -2.19. The second-order valence-electron chi connectivity index (χ2n) is 7.18. The molecule has 0 amide bonds. The summed E-state index contributed by atoms with van der Waals surface area (Å²) < 4.78 is 78.7. The first-order chi connectivity index (χ1) is 16.3. The molecule has 35 heavy (non-hydrogen) atoms. The van der Waals surface area contributed by atoms with E-state index in [1.54, 1.807) is 30.5 Å². The first-order valence-electron chi connectivity index (χ1n) is 9.67. The monoisotopic (exact) mass is 535 g/mol. The molecule has 0 saturated heterocycles. The van der Waals surface area contributed by atoms with Crippen molar-refractivity contribution in [3.05, 3.63) is 75.9 Å². The molecular weight excluding hydrogens is 520 g/mol. The Hall–Kier alpha value is -2.83.